The Morgan fingerprint density at radius 2 is 1.83 bits per heavy atom. The maximum Gasteiger partial charge on any atom is 0.119 e. The van der Waals surface area contributed by atoms with Crippen molar-refractivity contribution >= 4 is 29.8 Å². The van der Waals surface area contributed by atoms with Gasteiger partial charge in [-0.15, -0.1) is 0 Å². The molecule has 0 saturated carbocycles. The second-order valence-corrected chi connectivity index (χ2v) is 9.80. The fourth-order valence-corrected chi connectivity index (χ4v) is 4.85. The molecule has 3 nitrogen and oxygen atoms in total. The SMILES string of the molecule is CC1OC(S(Cl)(Cl)c2ccccc2)CC(O)C1O. The molecule has 4 unspecified atom stereocenters. The number of halogens is 2. The molecule has 1 aliphatic rings. The van der Waals surface area contributed by atoms with Crippen LogP contribution in [0.2, 0.25) is 0 Å². The maximum absolute atomic E-state index is 9.79. The number of benzene rings is 1. The van der Waals surface area contributed by atoms with E-state index >= 15 is 0 Å². The van der Waals surface area contributed by atoms with Crippen LogP contribution in [-0.2, 0) is 4.74 Å². The van der Waals surface area contributed by atoms with Gasteiger partial charge in [0.2, 0.25) is 0 Å². The van der Waals surface area contributed by atoms with Crippen LogP contribution in [0.3, 0.4) is 0 Å². The van der Waals surface area contributed by atoms with Crippen LogP contribution in [0.4, 0.5) is 0 Å². The summed E-state index contributed by atoms with van der Waals surface area (Å²) in [6.45, 7) is 1.70. The molecule has 18 heavy (non-hydrogen) atoms. The Balaban J connectivity index is 2.21. The number of ether oxygens (including phenoxy) is 1. The fourth-order valence-electron chi connectivity index (χ4n) is 1.97. The summed E-state index contributed by atoms with van der Waals surface area (Å²) in [5, 5.41) is 19.4. The quantitative estimate of drug-likeness (QED) is 0.883. The lowest BCUT2D eigenvalue weighted by Crippen LogP contribution is -2.47. The summed E-state index contributed by atoms with van der Waals surface area (Å²) in [6, 6.07) is 9.30. The lowest BCUT2D eigenvalue weighted by molar-refractivity contribution is -0.137. The summed E-state index contributed by atoms with van der Waals surface area (Å²) >= 11 is 0. The third-order valence-corrected chi connectivity index (χ3v) is 7.19. The van der Waals surface area contributed by atoms with Crippen molar-refractivity contribution in [1.82, 2.24) is 0 Å². The van der Waals surface area contributed by atoms with Gasteiger partial charge in [0.1, 0.15) is 11.5 Å². The summed E-state index contributed by atoms with van der Waals surface area (Å²) in [4.78, 5) is 0.800. The highest BCUT2D eigenvalue weighted by Crippen LogP contribution is 2.70. The van der Waals surface area contributed by atoms with E-state index < -0.39 is 32.2 Å². The van der Waals surface area contributed by atoms with Crippen LogP contribution >= 0.6 is 29.8 Å². The van der Waals surface area contributed by atoms with Gasteiger partial charge in [-0.25, -0.2) is 0 Å². The van der Waals surface area contributed by atoms with E-state index in [0.29, 0.717) is 0 Å². The predicted octanol–water partition coefficient (Wildman–Crippen LogP) is 3.01. The molecule has 0 spiro atoms. The second-order valence-electron chi connectivity index (χ2n) is 4.39. The number of rotatable bonds is 2. The Hall–Kier alpha value is 0.0300. The van der Waals surface area contributed by atoms with Crippen molar-refractivity contribution in [2.45, 2.75) is 42.0 Å². The number of hydrogen-bond acceptors (Lipinski definition) is 3. The van der Waals surface area contributed by atoms with Gasteiger partial charge in [-0.05, 0) is 48.9 Å². The van der Waals surface area contributed by atoms with Crippen molar-refractivity contribution in [3.05, 3.63) is 30.3 Å². The Labute approximate surface area is 117 Å². The summed E-state index contributed by atoms with van der Waals surface area (Å²) in [5.74, 6) is 0. The molecule has 0 bridgehead atoms. The number of aliphatic hydroxyl groups is 2. The first-order valence-electron chi connectivity index (χ1n) is 5.71. The normalized spacial score (nSPS) is 34.3. The minimum Gasteiger partial charge on any atom is -0.390 e. The molecule has 1 aromatic rings. The summed E-state index contributed by atoms with van der Waals surface area (Å²) in [6.07, 6.45) is -1.98. The van der Waals surface area contributed by atoms with Crippen molar-refractivity contribution in [3.63, 3.8) is 0 Å². The smallest absolute Gasteiger partial charge is 0.119 e. The van der Waals surface area contributed by atoms with Crippen molar-refractivity contribution in [2.24, 2.45) is 0 Å². The van der Waals surface area contributed by atoms with Crippen molar-refractivity contribution in [1.29, 1.82) is 0 Å². The Morgan fingerprint density at radius 3 is 2.39 bits per heavy atom. The largest absolute Gasteiger partial charge is 0.390 e. The van der Waals surface area contributed by atoms with E-state index in [1.165, 1.54) is 0 Å². The zero-order chi connectivity index (χ0) is 13.3. The summed E-state index contributed by atoms with van der Waals surface area (Å²) in [7, 11) is 10.7. The van der Waals surface area contributed by atoms with Gasteiger partial charge in [-0.2, -0.15) is 0 Å². The van der Waals surface area contributed by atoms with Gasteiger partial charge in [0.05, 0.1) is 12.2 Å². The molecule has 1 aromatic carbocycles. The van der Waals surface area contributed by atoms with E-state index in [4.69, 9.17) is 26.1 Å². The molecular formula is C12H16Cl2O3S. The minimum absolute atomic E-state index is 0.239. The molecule has 4 atom stereocenters. The highest BCUT2D eigenvalue weighted by atomic mass is 36.0. The van der Waals surface area contributed by atoms with Crippen molar-refractivity contribution < 1.29 is 14.9 Å². The molecule has 102 valence electrons. The Kier molecular flexibility index (Phi) is 4.47. The van der Waals surface area contributed by atoms with Crippen molar-refractivity contribution in [2.75, 3.05) is 0 Å². The van der Waals surface area contributed by atoms with E-state index in [9.17, 15) is 10.2 Å². The highest BCUT2D eigenvalue weighted by Gasteiger charge is 2.42. The fraction of sp³-hybridized carbons (Fsp3) is 0.500. The molecule has 0 aliphatic carbocycles. The monoisotopic (exact) mass is 310 g/mol. The average Bonchev–Trinajstić information content (AvgIpc) is 2.36. The van der Waals surface area contributed by atoms with Crippen LogP contribution in [0.1, 0.15) is 13.3 Å². The first-order chi connectivity index (χ1) is 8.43. The standard InChI is InChI=1S/C12H16Cl2O3S/c1-8-12(16)10(15)7-11(17-8)18(13,14)9-5-3-2-4-6-9/h2-6,8,10-12,15-16H,7H2,1H3. The molecule has 6 heteroatoms. The van der Waals surface area contributed by atoms with E-state index in [1.54, 1.807) is 6.92 Å². The van der Waals surface area contributed by atoms with Gasteiger partial charge < -0.3 is 14.9 Å². The maximum atomic E-state index is 9.79. The lowest BCUT2D eigenvalue weighted by Gasteiger charge is -2.42. The Morgan fingerprint density at radius 1 is 1.22 bits per heavy atom. The molecule has 1 saturated heterocycles. The lowest BCUT2D eigenvalue weighted by atomic mass is 10.0. The van der Waals surface area contributed by atoms with E-state index in [-0.39, 0.29) is 6.42 Å². The zero-order valence-electron chi connectivity index (χ0n) is 9.87. The molecule has 0 radical (unpaired) electrons. The summed E-state index contributed by atoms with van der Waals surface area (Å²) in [5.41, 5.74) is -0.475. The van der Waals surface area contributed by atoms with E-state index in [1.807, 2.05) is 30.3 Å². The molecule has 0 amide bonds. The first kappa shape index (κ1) is 14.4. The topological polar surface area (TPSA) is 49.7 Å². The molecule has 2 rings (SSSR count). The molecule has 2 N–H and O–H groups in total. The molecule has 0 aromatic heterocycles. The van der Waals surface area contributed by atoms with Crippen LogP contribution in [0, 0.1) is 0 Å². The zero-order valence-corrected chi connectivity index (χ0v) is 12.2. The number of hydrogen-bond donors (Lipinski definition) is 2. The van der Waals surface area contributed by atoms with Gasteiger partial charge in [-0.3, -0.25) is 0 Å². The number of aliphatic hydroxyl groups excluding tert-OH is 2. The van der Waals surface area contributed by atoms with Crippen LogP contribution < -0.4 is 0 Å². The highest BCUT2D eigenvalue weighted by molar-refractivity contribution is 8.66. The van der Waals surface area contributed by atoms with Gasteiger partial charge in [0.25, 0.3) is 0 Å². The van der Waals surface area contributed by atoms with Crippen LogP contribution in [0.15, 0.2) is 35.2 Å². The Bertz CT molecular complexity index is 390. The van der Waals surface area contributed by atoms with Crippen LogP contribution in [0.25, 0.3) is 0 Å². The summed E-state index contributed by atoms with van der Waals surface area (Å²) < 4.78 is 5.65. The van der Waals surface area contributed by atoms with Gasteiger partial charge >= 0.3 is 0 Å². The minimum atomic E-state index is -2.20. The van der Waals surface area contributed by atoms with Crippen molar-refractivity contribution in [3.8, 4) is 0 Å². The first-order valence-corrected chi connectivity index (χ1v) is 9.06. The molecule has 1 fully saturated rings. The van der Waals surface area contributed by atoms with Crippen LogP contribution in [0.5, 0.6) is 0 Å². The third kappa shape index (κ3) is 2.79. The molecular weight excluding hydrogens is 295 g/mol. The van der Waals surface area contributed by atoms with Gasteiger partial charge in [0.15, 0.2) is 0 Å². The van der Waals surface area contributed by atoms with Gasteiger partial charge in [-0.1, -0.05) is 18.2 Å². The third-order valence-electron chi connectivity index (χ3n) is 3.06. The van der Waals surface area contributed by atoms with Crippen LogP contribution in [-0.4, -0.2) is 34.0 Å². The van der Waals surface area contributed by atoms with E-state index in [2.05, 4.69) is 0 Å². The van der Waals surface area contributed by atoms with Gasteiger partial charge in [0, 0.05) is 11.3 Å². The van der Waals surface area contributed by atoms with E-state index in [0.717, 1.165) is 4.90 Å². The predicted molar refractivity (Wildman–Crippen MR) is 75.0 cm³/mol. The molecule has 1 aliphatic heterocycles. The second kappa shape index (κ2) is 5.57. The average molecular weight is 311 g/mol. The molecule has 1 heterocycles.